The SMILES string of the molecule is COc1nc(Br)cnc1OC1CCNC1. The van der Waals surface area contributed by atoms with Crippen LogP contribution in [0.25, 0.3) is 0 Å². The van der Waals surface area contributed by atoms with Gasteiger partial charge in [0.1, 0.15) is 10.7 Å². The lowest BCUT2D eigenvalue weighted by atomic mass is 10.3. The first-order valence-electron chi connectivity index (χ1n) is 4.73. The molecule has 0 bridgehead atoms. The molecule has 0 radical (unpaired) electrons. The molecule has 15 heavy (non-hydrogen) atoms. The van der Waals surface area contributed by atoms with Crippen LogP contribution in [0, 0.1) is 0 Å². The average Bonchev–Trinajstić information content (AvgIpc) is 2.73. The molecule has 1 atom stereocenters. The van der Waals surface area contributed by atoms with Crippen molar-refractivity contribution in [1.82, 2.24) is 15.3 Å². The highest BCUT2D eigenvalue weighted by molar-refractivity contribution is 9.10. The Morgan fingerprint density at radius 1 is 1.53 bits per heavy atom. The van der Waals surface area contributed by atoms with E-state index in [1.165, 1.54) is 0 Å². The number of nitrogens with zero attached hydrogens (tertiary/aromatic N) is 2. The maximum atomic E-state index is 5.67. The highest BCUT2D eigenvalue weighted by atomic mass is 79.9. The molecule has 1 unspecified atom stereocenters. The van der Waals surface area contributed by atoms with Gasteiger partial charge in [-0.3, -0.25) is 0 Å². The summed E-state index contributed by atoms with van der Waals surface area (Å²) in [5.41, 5.74) is 0. The standard InChI is InChI=1S/C9H12BrN3O2/c1-14-9-8(12-5-7(10)13-9)15-6-2-3-11-4-6/h5-6,11H,2-4H2,1H3. The van der Waals surface area contributed by atoms with Gasteiger partial charge in [-0.25, -0.2) is 4.98 Å². The Balaban J connectivity index is 2.12. The average molecular weight is 274 g/mol. The first-order chi connectivity index (χ1) is 7.29. The molecule has 1 aliphatic rings. The Kier molecular flexibility index (Phi) is 3.37. The Hall–Kier alpha value is -0.880. The second-order valence-electron chi connectivity index (χ2n) is 3.24. The Morgan fingerprint density at radius 3 is 3.07 bits per heavy atom. The number of hydrogen-bond donors (Lipinski definition) is 1. The Morgan fingerprint density at radius 2 is 2.40 bits per heavy atom. The largest absolute Gasteiger partial charge is 0.477 e. The van der Waals surface area contributed by atoms with E-state index >= 15 is 0 Å². The van der Waals surface area contributed by atoms with Crippen molar-refractivity contribution >= 4 is 15.9 Å². The summed E-state index contributed by atoms with van der Waals surface area (Å²) in [6.07, 6.45) is 2.75. The van der Waals surface area contributed by atoms with E-state index in [1.807, 2.05) is 0 Å². The van der Waals surface area contributed by atoms with Crippen LogP contribution in [0.4, 0.5) is 0 Å². The lowest BCUT2D eigenvalue weighted by Gasteiger charge is -2.13. The summed E-state index contributed by atoms with van der Waals surface area (Å²) in [5.74, 6) is 0.866. The second-order valence-corrected chi connectivity index (χ2v) is 4.05. The van der Waals surface area contributed by atoms with Crippen LogP contribution >= 0.6 is 15.9 Å². The predicted molar refractivity (Wildman–Crippen MR) is 58.2 cm³/mol. The molecule has 0 aliphatic carbocycles. The molecule has 2 rings (SSSR count). The molecule has 6 heteroatoms. The monoisotopic (exact) mass is 273 g/mol. The summed E-state index contributed by atoms with van der Waals surface area (Å²) in [6, 6.07) is 0. The zero-order valence-electron chi connectivity index (χ0n) is 8.36. The summed E-state index contributed by atoms with van der Waals surface area (Å²) < 4.78 is 11.4. The molecule has 1 saturated heterocycles. The minimum Gasteiger partial charge on any atom is -0.477 e. The molecule has 1 aliphatic heterocycles. The minimum absolute atomic E-state index is 0.161. The van der Waals surface area contributed by atoms with Gasteiger partial charge in [0.2, 0.25) is 0 Å². The van der Waals surface area contributed by atoms with E-state index in [0.29, 0.717) is 16.4 Å². The quantitative estimate of drug-likeness (QED) is 0.890. The van der Waals surface area contributed by atoms with E-state index in [-0.39, 0.29) is 6.10 Å². The Bertz CT molecular complexity index is 342. The fourth-order valence-electron chi connectivity index (χ4n) is 1.44. The van der Waals surface area contributed by atoms with E-state index in [0.717, 1.165) is 19.5 Å². The third-order valence-corrected chi connectivity index (χ3v) is 2.55. The van der Waals surface area contributed by atoms with Gasteiger partial charge in [0.25, 0.3) is 11.8 Å². The molecule has 82 valence electrons. The first-order valence-corrected chi connectivity index (χ1v) is 5.53. The molecule has 1 N–H and O–H groups in total. The van der Waals surface area contributed by atoms with Crippen molar-refractivity contribution in [3.05, 3.63) is 10.8 Å². The van der Waals surface area contributed by atoms with Crippen LogP contribution in [0.1, 0.15) is 6.42 Å². The number of ether oxygens (including phenoxy) is 2. The molecule has 0 spiro atoms. The van der Waals surface area contributed by atoms with Crippen LogP contribution in [0.3, 0.4) is 0 Å². The number of hydrogen-bond acceptors (Lipinski definition) is 5. The topological polar surface area (TPSA) is 56.3 Å². The number of rotatable bonds is 3. The molecule has 1 aromatic heterocycles. The second kappa shape index (κ2) is 4.76. The van der Waals surface area contributed by atoms with E-state index in [4.69, 9.17) is 9.47 Å². The molecule has 0 aromatic carbocycles. The summed E-state index contributed by atoms with van der Waals surface area (Å²) in [7, 11) is 1.55. The van der Waals surface area contributed by atoms with E-state index < -0.39 is 0 Å². The lowest BCUT2D eigenvalue weighted by Crippen LogP contribution is -2.20. The normalized spacial score (nSPS) is 20.3. The predicted octanol–water partition coefficient (Wildman–Crippen LogP) is 0.988. The fraction of sp³-hybridized carbons (Fsp3) is 0.556. The van der Waals surface area contributed by atoms with Gasteiger partial charge in [-0.05, 0) is 28.9 Å². The summed E-state index contributed by atoms with van der Waals surface area (Å²) >= 11 is 3.23. The fourth-order valence-corrected chi connectivity index (χ4v) is 1.70. The minimum atomic E-state index is 0.161. The molecule has 1 aromatic rings. The molecular formula is C9H12BrN3O2. The number of aromatic nitrogens is 2. The van der Waals surface area contributed by atoms with Crippen molar-refractivity contribution in [3.8, 4) is 11.8 Å². The van der Waals surface area contributed by atoms with Crippen LogP contribution in [0.15, 0.2) is 10.8 Å². The van der Waals surface area contributed by atoms with Gasteiger partial charge in [0.15, 0.2) is 0 Å². The first kappa shape index (κ1) is 10.6. The van der Waals surface area contributed by atoms with Crippen LogP contribution in [0.5, 0.6) is 11.8 Å². The van der Waals surface area contributed by atoms with Crippen molar-refractivity contribution in [1.29, 1.82) is 0 Å². The molecule has 1 fully saturated rings. The van der Waals surface area contributed by atoms with Gasteiger partial charge in [-0.2, -0.15) is 4.98 Å². The molecule has 2 heterocycles. The maximum absolute atomic E-state index is 5.67. The van der Waals surface area contributed by atoms with Gasteiger partial charge >= 0.3 is 0 Å². The van der Waals surface area contributed by atoms with Crippen LogP contribution in [-0.2, 0) is 0 Å². The van der Waals surface area contributed by atoms with Gasteiger partial charge in [0, 0.05) is 6.54 Å². The van der Waals surface area contributed by atoms with Gasteiger partial charge in [-0.1, -0.05) is 0 Å². The summed E-state index contributed by atoms with van der Waals surface area (Å²) in [4.78, 5) is 8.25. The van der Waals surface area contributed by atoms with Crippen LogP contribution in [0.2, 0.25) is 0 Å². The third kappa shape index (κ3) is 2.57. The third-order valence-electron chi connectivity index (χ3n) is 2.17. The smallest absolute Gasteiger partial charge is 0.278 e. The molecule has 0 amide bonds. The number of methoxy groups -OCH3 is 1. The highest BCUT2D eigenvalue weighted by Crippen LogP contribution is 2.24. The van der Waals surface area contributed by atoms with Crippen molar-refractivity contribution in [3.63, 3.8) is 0 Å². The van der Waals surface area contributed by atoms with Gasteiger partial charge in [0.05, 0.1) is 13.3 Å². The van der Waals surface area contributed by atoms with Crippen molar-refractivity contribution in [2.75, 3.05) is 20.2 Å². The summed E-state index contributed by atoms with van der Waals surface area (Å²) in [6.45, 7) is 1.83. The lowest BCUT2D eigenvalue weighted by molar-refractivity contribution is 0.200. The zero-order chi connectivity index (χ0) is 10.7. The van der Waals surface area contributed by atoms with Gasteiger partial charge < -0.3 is 14.8 Å². The molecule has 0 saturated carbocycles. The van der Waals surface area contributed by atoms with Crippen molar-refractivity contribution in [2.24, 2.45) is 0 Å². The number of nitrogens with one attached hydrogen (secondary N) is 1. The van der Waals surface area contributed by atoms with Crippen LogP contribution < -0.4 is 14.8 Å². The maximum Gasteiger partial charge on any atom is 0.278 e. The van der Waals surface area contributed by atoms with Crippen molar-refractivity contribution < 1.29 is 9.47 Å². The molecule has 5 nitrogen and oxygen atoms in total. The summed E-state index contributed by atoms with van der Waals surface area (Å²) in [5, 5.41) is 3.22. The Labute approximate surface area is 96.3 Å². The van der Waals surface area contributed by atoms with E-state index in [1.54, 1.807) is 13.3 Å². The van der Waals surface area contributed by atoms with Crippen LogP contribution in [-0.4, -0.2) is 36.3 Å². The zero-order valence-corrected chi connectivity index (χ0v) is 9.95. The highest BCUT2D eigenvalue weighted by Gasteiger charge is 2.19. The molecular weight excluding hydrogens is 262 g/mol. The van der Waals surface area contributed by atoms with Gasteiger partial charge in [-0.15, -0.1) is 0 Å². The van der Waals surface area contributed by atoms with E-state index in [9.17, 15) is 0 Å². The van der Waals surface area contributed by atoms with E-state index in [2.05, 4.69) is 31.2 Å². The van der Waals surface area contributed by atoms with Crippen molar-refractivity contribution in [2.45, 2.75) is 12.5 Å². The number of halogens is 1.